The minimum atomic E-state index is -0.172. The molecule has 1 aromatic carbocycles. The number of aryl methyl sites for hydroxylation is 2. The molecule has 0 aliphatic heterocycles. The zero-order valence-electron chi connectivity index (χ0n) is 14.5. The molecule has 0 saturated carbocycles. The van der Waals surface area contributed by atoms with E-state index in [1.807, 2.05) is 23.6 Å². The van der Waals surface area contributed by atoms with E-state index < -0.39 is 0 Å². The van der Waals surface area contributed by atoms with E-state index in [9.17, 15) is 9.59 Å². The Bertz CT molecular complexity index is 776. The Hall–Kier alpha value is -1.89. The van der Waals surface area contributed by atoms with Crippen LogP contribution in [-0.4, -0.2) is 24.9 Å². The number of nitrogens with two attached hydrogens (primary N) is 1. The molecule has 2 aromatic rings. The zero-order valence-corrected chi connectivity index (χ0v) is 16.2. The van der Waals surface area contributed by atoms with Crippen molar-refractivity contribution in [2.24, 2.45) is 5.73 Å². The molecule has 0 bridgehead atoms. The van der Waals surface area contributed by atoms with Crippen LogP contribution in [0.4, 0.5) is 5.00 Å². The van der Waals surface area contributed by atoms with Crippen molar-refractivity contribution in [3.05, 3.63) is 51.9 Å². The van der Waals surface area contributed by atoms with Crippen molar-refractivity contribution in [3.63, 3.8) is 0 Å². The number of benzene rings is 1. The van der Waals surface area contributed by atoms with Gasteiger partial charge in [-0.15, -0.1) is 23.7 Å². The highest BCUT2D eigenvalue weighted by Crippen LogP contribution is 2.26. The van der Waals surface area contributed by atoms with Crippen LogP contribution >= 0.6 is 23.7 Å². The predicted molar refractivity (Wildman–Crippen MR) is 109 cm³/mol. The van der Waals surface area contributed by atoms with Crippen molar-refractivity contribution in [1.82, 2.24) is 5.32 Å². The molecule has 0 fully saturated rings. The molecule has 1 heterocycles. The second-order valence-electron chi connectivity index (χ2n) is 6.21. The first-order valence-corrected chi connectivity index (χ1v) is 9.56. The van der Waals surface area contributed by atoms with Gasteiger partial charge in [0.2, 0.25) is 0 Å². The van der Waals surface area contributed by atoms with Gasteiger partial charge in [0.15, 0.2) is 0 Å². The third kappa shape index (κ3) is 4.84. The van der Waals surface area contributed by atoms with Gasteiger partial charge < -0.3 is 16.4 Å². The van der Waals surface area contributed by atoms with Crippen LogP contribution in [0.2, 0.25) is 0 Å². The average molecular weight is 394 g/mol. The van der Waals surface area contributed by atoms with Crippen molar-refractivity contribution in [1.29, 1.82) is 0 Å². The fraction of sp³-hybridized carbons (Fsp3) is 0.368. The smallest absolute Gasteiger partial charge is 0.256 e. The van der Waals surface area contributed by atoms with Crippen LogP contribution in [0, 0.1) is 0 Å². The molecule has 1 aromatic heterocycles. The van der Waals surface area contributed by atoms with Gasteiger partial charge >= 0.3 is 0 Å². The molecule has 2 amide bonds. The van der Waals surface area contributed by atoms with E-state index in [0.29, 0.717) is 29.2 Å². The number of carbonyl (C=O) groups is 2. The number of halogens is 1. The zero-order chi connectivity index (χ0) is 17.6. The molecule has 7 heteroatoms. The Morgan fingerprint density at radius 1 is 1.08 bits per heavy atom. The summed E-state index contributed by atoms with van der Waals surface area (Å²) in [6.07, 6.45) is 5.01. The normalized spacial score (nSPS) is 12.2. The van der Waals surface area contributed by atoms with Gasteiger partial charge in [-0.3, -0.25) is 9.59 Å². The summed E-state index contributed by atoms with van der Waals surface area (Å²) in [4.78, 5) is 24.8. The van der Waals surface area contributed by atoms with Gasteiger partial charge in [-0.1, -0.05) is 6.07 Å². The molecule has 26 heavy (non-hydrogen) atoms. The number of amides is 2. The minimum absolute atomic E-state index is 0. The highest BCUT2D eigenvalue weighted by molar-refractivity contribution is 7.14. The summed E-state index contributed by atoms with van der Waals surface area (Å²) in [6, 6.07) is 7.61. The lowest BCUT2D eigenvalue weighted by Crippen LogP contribution is -2.25. The maximum atomic E-state index is 12.5. The molecule has 0 saturated heterocycles. The molecule has 4 N–H and O–H groups in total. The first-order chi connectivity index (χ1) is 12.2. The van der Waals surface area contributed by atoms with Crippen LogP contribution in [0.3, 0.4) is 0 Å². The number of fused-ring (bicyclic) bond motifs is 1. The minimum Gasteiger partial charge on any atom is -0.352 e. The van der Waals surface area contributed by atoms with Crippen LogP contribution in [-0.2, 0) is 12.8 Å². The summed E-state index contributed by atoms with van der Waals surface area (Å²) < 4.78 is 0. The number of anilines is 1. The summed E-state index contributed by atoms with van der Waals surface area (Å²) in [5, 5.41) is 8.15. The maximum Gasteiger partial charge on any atom is 0.256 e. The van der Waals surface area contributed by atoms with Gasteiger partial charge in [-0.25, -0.2) is 0 Å². The molecule has 0 radical (unpaired) electrons. The highest BCUT2D eigenvalue weighted by Gasteiger charge is 2.17. The Labute approximate surface area is 163 Å². The van der Waals surface area contributed by atoms with Crippen LogP contribution < -0.4 is 16.4 Å². The summed E-state index contributed by atoms with van der Waals surface area (Å²) >= 11 is 1.36. The molecule has 0 unspecified atom stereocenters. The fourth-order valence-corrected chi connectivity index (χ4v) is 3.82. The van der Waals surface area contributed by atoms with E-state index >= 15 is 0 Å². The SMILES string of the molecule is Cl.NCCCCNC(=O)c1ccsc1NC(=O)c1ccc2c(c1)CCC2. The van der Waals surface area contributed by atoms with Crippen LogP contribution in [0.15, 0.2) is 29.6 Å². The van der Waals surface area contributed by atoms with Gasteiger partial charge in [-0.2, -0.15) is 0 Å². The van der Waals surface area contributed by atoms with Gasteiger partial charge in [0.05, 0.1) is 5.56 Å². The van der Waals surface area contributed by atoms with E-state index in [1.54, 1.807) is 6.07 Å². The molecule has 140 valence electrons. The van der Waals surface area contributed by atoms with Crippen molar-refractivity contribution in [2.45, 2.75) is 32.1 Å². The van der Waals surface area contributed by atoms with E-state index in [1.165, 1.54) is 22.5 Å². The summed E-state index contributed by atoms with van der Waals surface area (Å²) in [5.74, 6) is -0.336. The van der Waals surface area contributed by atoms with Crippen molar-refractivity contribution in [3.8, 4) is 0 Å². The lowest BCUT2D eigenvalue weighted by atomic mass is 10.1. The second-order valence-corrected chi connectivity index (χ2v) is 7.12. The standard InChI is InChI=1S/C19H23N3O2S.ClH/c20-9-1-2-10-21-18(24)16-8-11-25-19(16)22-17(23)15-7-6-13-4-3-5-14(13)12-15;/h6-8,11-12H,1-5,9-10,20H2,(H,21,24)(H,22,23);1H. The van der Waals surface area contributed by atoms with E-state index in [4.69, 9.17) is 5.73 Å². The average Bonchev–Trinajstić information content (AvgIpc) is 3.26. The number of thiophene rings is 1. The molecule has 3 rings (SSSR count). The van der Waals surface area contributed by atoms with Crippen LogP contribution in [0.25, 0.3) is 0 Å². The topological polar surface area (TPSA) is 84.2 Å². The number of unbranched alkanes of at least 4 members (excludes halogenated alkanes) is 1. The van der Waals surface area contributed by atoms with Gasteiger partial charge in [0.25, 0.3) is 11.8 Å². The van der Waals surface area contributed by atoms with Crippen molar-refractivity contribution >= 4 is 40.6 Å². The third-order valence-corrected chi connectivity index (χ3v) is 5.24. The van der Waals surface area contributed by atoms with Gasteiger partial charge in [0.1, 0.15) is 5.00 Å². The quantitative estimate of drug-likeness (QED) is 0.630. The maximum absolute atomic E-state index is 12.5. The van der Waals surface area contributed by atoms with Gasteiger partial charge in [-0.05, 0) is 73.4 Å². The number of rotatable bonds is 7. The van der Waals surface area contributed by atoms with Crippen molar-refractivity contribution < 1.29 is 9.59 Å². The number of carbonyl (C=O) groups excluding carboxylic acids is 2. The lowest BCUT2D eigenvalue weighted by Gasteiger charge is -2.08. The molecular weight excluding hydrogens is 370 g/mol. The van der Waals surface area contributed by atoms with Crippen LogP contribution in [0.5, 0.6) is 0 Å². The Morgan fingerprint density at radius 2 is 1.88 bits per heavy atom. The van der Waals surface area contributed by atoms with E-state index in [-0.39, 0.29) is 24.2 Å². The van der Waals surface area contributed by atoms with Crippen molar-refractivity contribution in [2.75, 3.05) is 18.4 Å². The third-order valence-electron chi connectivity index (χ3n) is 4.41. The Morgan fingerprint density at radius 3 is 2.69 bits per heavy atom. The highest BCUT2D eigenvalue weighted by atomic mass is 35.5. The monoisotopic (exact) mass is 393 g/mol. The molecule has 0 spiro atoms. The van der Waals surface area contributed by atoms with E-state index in [0.717, 1.165) is 32.1 Å². The first kappa shape index (κ1) is 20.4. The fourth-order valence-electron chi connectivity index (χ4n) is 3.04. The predicted octanol–water partition coefficient (Wildman–Crippen LogP) is 3.38. The van der Waals surface area contributed by atoms with Gasteiger partial charge in [0, 0.05) is 12.1 Å². The van der Waals surface area contributed by atoms with Crippen LogP contribution in [0.1, 0.15) is 51.1 Å². The molecular formula is C19H24ClN3O2S. The summed E-state index contributed by atoms with van der Waals surface area (Å²) in [5.41, 5.74) is 9.20. The first-order valence-electron chi connectivity index (χ1n) is 8.68. The number of hydrogen-bond donors (Lipinski definition) is 3. The number of hydrogen-bond acceptors (Lipinski definition) is 4. The summed E-state index contributed by atoms with van der Waals surface area (Å²) in [7, 11) is 0. The Kier molecular flexibility index (Phi) is 7.63. The van der Waals surface area contributed by atoms with E-state index in [2.05, 4.69) is 10.6 Å². The second kappa shape index (κ2) is 9.71. The lowest BCUT2D eigenvalue weighted by molar-refractivity contribution is 0.0954. The molecule has 1 aliphatic rings. The molecule has 0 atom stereocenters. The molecule has 1 aliphatic carbocycles. The largest absolute Gasteiger partial charge is 0.352 e. The Balaban J connectivity index is 0.00000243. The number of nitrogens with one attached hydrogen (secondary N) is 2. The summed E-state index contributed by atoms with van der Waals surface area (Å²) in [6.45, 7) is 1.21. The molecule has 5 nitrogen and oxygen atoms in total.